The van der Waals surface area contributed by atoms with Crippen LogP contribution in [0.3, 0.4) is 0 Å². The molecule has 0 amide bonds. The van der Waals surface area contributed by atoms with Gasteiger partial charge >= 0.3 is 0 Å². The molecule has 1 fully saturated rings. The maximum atomic E-state index is 8.03. The first kappa shape index (κ1) is 9.95. The topological polar surface area (TPSA) is 23.9 Å². The molecule has 0 aromatic rings. The van der Waals surface area contributed by atoms with E-state index >= 15 is 0 Å². The van der Waals surface area contributed by atoms with Crippen molar-refractivity contribution in [2.75, 3.05) is 0 Å². The lowest BCUT2D eigenvalue weighted by Crippen LogP contribution is -2.27. The molecule has 0 saturated heterocycles. The van der Waals surface area contributed by atoms with Gasteiger partial charge in [0.2, 0.25) is 0 Å². The summed E-state index contributed by atoms with van der Waals surface area (Å²) in [5.41, 5.74) is 1.05. The van der Waals surface area contributed by atoms with Crippen LogP contribution in [-0.4, -0.2) is 5.71 Å². The number of allylic oxidation sites excluding steroid dienone is 2. The van der Waals surface area contributed by atoms with E-state index < -0.39 is 0 Å². The molecule has 1 heteroatoms. The highest BCUT2D eigenvalue weighted by Crippen LogP contribution is 2.35. The average Bonchev–Trinajstić information content (AvgIpc) is 2.30. The summed E-state index contributed by atoms with van der Waals surface area (Å²) in [7, 11) is 0. The summed E-state index contributed by atoms with van der Waals surface area (Å²) in [6.45, 7) is 0. The molecule has 1 N–H and O–H groups in total. The first-order chi connectivity index (χ1) is 6.88. The van der Waals surface area contributed by atoms with Crippen molar-refractivity contribution in [3.63, 3.8) is 0 Å². The lowest BCUT2D eigenvalue weighted by molar-refractivity contribution is 0.313. The Labute approximate surface area is 87.1 Å². The van der Waals surface area contributed by atoms with Crippen molar-refractivity contribution in [1.29, 1.82) is 5.41 Å². The molecule has 1 saturated carbocycles. The summed E-state index contributed by atoms with van der Waals surface area (Å²) in [5.74, 6) is 1.47. The third kappa shape index (κ3) is 2.26. The quantitative estimate of drug-likeness (QED) is 0.561. The maximum absolute atomic E-state index is 8.03. The smallest absolute Gasteiger partial charge is 0.0123 e. The summed E-state index contributed by atoms with van der Waals surface area (Å²) >= 11 is 0. The Hall–Kier alpha value is -0.590. The highest BCUT2D eigenvalue weighted by Gasteiger charge is 2.28. The Morgan fingerprint density at radius 2 is 1.79 bits per heavy atom. The highest BCUT2D eigenvalue weighted by atomic mass is 14.5. The Morgan fingerprint density at radius 1 is 1.00 bits per heavy atom. The Kier molecular flexibility index (Phi) is 3.39. The predicted molar refractivity (Wildman–Crippen MR) is 60.8 cm³/mol. The van der Waals surface area contributed by atoms with Crippen molar-refractivity contribution in [3.05, 3.63) is 12.2 Å². The molecule has 0 aliphatic heterocycles. The largest absolute Gasteiger partial charge is 0.309 e. The zero-order valence-electron chi connectivity index (χ0n) is 8.97. The molecule has 2 aliphatic rings. The standard InChI is InChI=1S/C13H21N/c14-13-10-6-8-11-7-4-2-1-3-5-9-12(11)13/h1,3,11-12,14H,2,4-10H2/b3-1-,14-13?. The van der Waals surface area contributed by atoms with Crippen LogP contribution in [0, 0.1) is 17.2 Å². The van der Waals surface area contributed by atoms with Gasteiger partial charge in [-0.05, 0) is 63.2 Å². The number of fused-ring (bicyclic) bond motifs is 1. The van der Waals surface area contributed by atoms with E-state index in [0.29, 0.717) is 5.92 Å². The van der Waals surface area contributed by atoms with Gasteiger partial charge < -0.3 is 5.41 Å². The second-order valence-corrected chi connectivity index (χ2v) is 4.76. The fourth-order valence-electron chi connectivity index (χ4n) is 2.99. The van der Waals surface area contributed by atoms with Crippen LogP contribution in [0.1, 0.15) is 51.4 Å². The van der Waals surface area contributed by atoms with Gasteiger partial charge in [-0.15, -0.1) is 0 Å². The van der Waals surface area contributed by atoms with Gasteiger partial charge in [0.05, 0.1) is 0 Å². The van der Waals surface area contributed by atoms with Crippen LogP contribution in [-0.2, 0) is 0 Å². The molecule has 0 radical (unpaired) electrons. The Morgan fingerprint density at radius 3 is 2.71 bits per heavy atom. The minimum Gasteiger partial charge on any atom is -0.309 e. The van der Waals surface area contributed by atoms with Crippen LogP contribution in [0.25, 0.3) is 0 Å². The Bertz CT molecular complexity index is 229. The second kappa shape index (κ2) is 4.77. The van der Waals surface area contributed by atoms with Gasteiger partial charge in [0.1, 0.15) is 0 Å². The first-order valence-electron chi connectivity index (χ1n) is 6.10. The SMILES string of the molecule is N=C1CCCC2CCC/C=C\CCC12. The van der Waals surface area contributed by atoms with Gasteiger partial charge in [-0.2, -0.15) is 0 Å². The van der Waals surface area contributed by atoms with Crippen LogP contribution < -0.4 is 0 Å². The number of nitrogens with one attached hydrogen (secondary N) is 1. The average molecular weight is 191 g/mol. The van der Waals surface area contributed by atoms with Crippen LogP contribution in [0.5, 0.6) is 0 Å². The summed E-state index contributed by atoms with van der Waals surface area (Å²) in [6, 6.07) is 0. The van der Waals surface area contributed by atoms with Crippen molar-refractivity contribution in [2.45, 2.75) is 51.4 Å². The zero-order valence-corrected chi connectivity index (χ0v) is 8.97. The third-order valence-corrected chi connectivity index (χ3v) is 3.79. The number of rotatable bonds is 0. The maximum Gasteiger partial charge on any atom is 0.0123 e. The van der Waals surface area contributed by atoms with Gasteiger partial charge in [0, 0.05) is 5.71 Å². The predicted octanol–water partition coefficient (Wildman–Crippen LogP) is 3.94. The van der Waals surface area contributed by atoms with Crippen LogP contribution >= 0.6 is 0 Å². The van der Waals surface area contributed by atoms with E-state index in [-0.39, 0.29) is 0 Å². The molecule has 0 aromatic carbocycles. The summed E-state index contributed by atoms with van der Waals surface area (Å²) in [5, 5.41) is 8.03. The molecule has 14 heavy (non-hydrogen) atoms. The summed E-state index contributed by atoms with van der Waals surface area (Å²) in [6.07, 6.45) is 14.8. The molecule has 1 nitrogen and oxygen atoms in total. The molecule has 2 unspecified atom stereocenters. The van der Waals surface area contributed by atoms with Gasteiger partial charge in [-0.25, -0.2) is 0 Å². The molecule has 0 spiro atoms. The van der Waals surface area contributed by atoms with E-state index in [2.05, 4.69) is 12.2 Å². The van der Waals surface area contributed by atoms with Crippen molar-refractivity contribution in [3.8, 4) is 0 Å². The molecule has 2 aliphatic carbocycles. The second-order valence-electron chi connectivity index (χ2n) is 4.76. The van der Waals surface area contributed by atoms with Crippen molar-refractivity contribution >= 4 is 5.71 Å². The molecule has 0 heterocycles. The molecule has 2 atom stereocenters. The van der Waals surface area contributed by atoms with Gasteiger partial charge in [0.25, 0.3) is 0 Å². The van der Waals surface area contributed by atoms with E-state index in [4.69, 9.17) is 5.41 Å². The van der Waals surface area contributed by atoms with Crippen LogP contribution in [0.15, 0.2) is 12.2 Å². The van der Waals surface area contributed by atoms with Crippen molar-refractivity contribution in [2.24, 2.45) is 11.8 Å². The summed E-state index contributed by atoms with van der Waals surface area (Å²) < 4.78 is 0. The lowest BCUT2D eigenvalue weighted by Gasteiger charge is -2.32. The normalized spacial score (nSPS) is 36.4. The van der Waals surface area contributed by atoms with E-state index in [1.807, 2.05) is 0 Å². The first-order valence-corrected chi connectivity index (χ1v) is 6.10. The molecule has 0 aromatic heterocycles. The summed E-state index contributed by atoms with van der Waals surface area (Å²) in [4.78, 5) is 0. The fraction of sp³-hybridized carbons (Fsp3) is 0.769. The monoisotopic (exact) mass is 191 g/mol. The molecular weight excluding hydrogens is 170 g/mol. The van der Waals surface area contributed by atoms with Crippen molar-refractivity contribution < 1.29 is 0 Å². The van der Waals surface area contributed by atoms with E-state index in [1.165, 1.54) is 44.9 Å². The fourth-order valence-corrected chi connectivity index (χ4v) is 2.99. The lowest BCUT2D eigenvalue weighted by atomic mass is 9.74. The van der Waals surface area contributed by atoms with Crippen LogP contribution in [0.2, 0.25) is 0 Å². The van der Waals surface area contributed by atoms with Crippen LogP contribution in [0.4, 0.5) is 0 Å². The third-order valence-electron chi connectivity index (χ3n) is 3.79. The molecule has 0 bridgehead atoms. The Balaban J connectivity index is 2.03. The highest BCUT2D eigenvalue weighted by molar-refractivity contribution is 5.84. The van der Waals surface area contributed by atoms with Gasteiger partial charge in [-0.3, -0.25) is 0 Å². The molecular formula is C13H21N. The minimum absolute atomic E-state index is 0.631. The van der Waals surface area contributed by atoms with Gasteiger partial charge in [-0.1, -0.05) is 12.2 Å². The number of hydrogen-bond acceptors (Lipinski definition) is 1. The van der Waals surface area contributed by atoms with E-state index in [1.54, 1.807) is 0 Å². The number of hydrogen-bond donors (Lipinski definition) is 1. The van der Waals surface area contributed by atoms with Crippen molar-refractivity contribution in [1.82, 2.24) is 0 Å². The minimum atomic E-state index is 0.631. The van der Waals surface area contributed by atoms with Gasteiger partial charge in [0.15, 0.2) is 0 Å². The zero-order chi connectivity index (χ0) is 9.80. The van der Waals surface area contributed by atoms with E-state index in [9.17, 15) is 0 Å². The van der Waals surface area contributed by atoms with E-state index in [0.717, 1.165) is 18.1 Å². The molecule has 2 rings (SSSR count). The molecule has 78 valence electrons.